The van der Waals surface area contributed by atoms with Crippen molar-refractivity contribution in [3.05, 3.63) is 27.5 Å². The van der Waals surface area contributed by atoms with Gasteiger partial charge in [0.05, 0.1) is 10.6 Å². The van der Waals surface area contributed by atoms with E-state index in [1.807, 2.05) is 0 Å². The fourth-order valence-corrected chi connectivity index (χ4v) is 2.99. The van der Waals surface area contributed by atoms with Gasteiger partial charge in [-0.05, 0) is 31.6 Å². The van der Waals surface area contributed by atoms with Crippen LogP contribution in [-0.4, -0.2) is 10.3 Å². The Hall–Kier alpha value is -0.910. The molecule has 0 spiro atoms. The molecule has 1 aromatic heterocycles. The molecule has 2 rings (SSSR count). The van der Waals surface area contributed by atoms with Crippen LogP contribution in [0.3, 0.4) is 0 Å². The standard InChI is InChI=1S/C11H12F3NOS/c1-7-8(11(12,13)14)6-9-15(10(7)16)4-2-3-5-17-9/h6H,2-5H2,1H3. The number of halogens is 3. The van der Waals surface area contributed by atoms with Gasteiger partial charge >= 0.3 is 6.18 Å². The van der Waals surface area contributed by atoms with Gasteiger partial charge < -0.3 is 4.57 Å². The molecule has 0 unspecified atom stereocenters. The van der Waals surface area contributed by atoms with E-state index in [0.717, 1.165) is 24.7 Å². The van der Waals surface area contributed by atoms with Gasteiger partial charge in [0.25, 0.3) is 5.56 Å². The molecule has 17 heavy (non-hydrogen) atoms. The van der Waals surface area contributed by atoms with Gasteiger partial charge in [-0.15, -0.1) is 11.8 Å². The highest BCUT2D eigenvalue weighted by atomic mass is 32.2. The Morgan fingerprint density at radius 3 is 2.71 bits per heavy atom. The number of aromatic nitrogens is 1. The van der Waals surface area contributed by atoms with Crippen LogP contribution in [0.4, 0.5) is 13.2 Å². The Kier molecular flexibility index (Phi) is 3.25. The van der Waals surface area contributed by atoms with Crippen molar-refractivity contribution in [2.24, 2.45) is 0 Å². The summed E-state index contributed by atoms with van der Waals surface area (Å²) in [4.78, 5) is 11.9. The summed E-state index contributed by atoms with van der Waals surface area (Å²) in [6.07, 6.45) is -2.69. The van der Waals surface area contributed by atoms with Gasteiger partial charge in [0.2, 0.25) is 0 Å². The summed E-state index contributed by atoms with van der Waals surface area (Å²) in [5.74, 6) is 0.764. The number of fused-ring (bicyclic) bond motifs is 1. The first-order valence-electron chi connectivity index (χ1n) is 5.35. The van der Waals surface area contributed by atoms with E-state index in [-0.39, 0.29) is 5.56 Å². The highest BCUT2D eigenvalue weighted by Gasteiger charge is 2.34. The highest BCUT2D eigenvalue weighted by molar-refractivity contribution is 7.99. The zero-order chi connectivity index (χ0) is 12.6. The van der Waals surface area contributed by atoms with Gasteiger partial charge in [0, 0.05) is 12.1 Å². The lowest BCUT2D eigenvalue weighted by Crippen LogP contribution is -2.27. The van der Waals surface area contributed by atoms with Crippen LogP contribution >= 0.6 is 11.8 Å². The lowest BCUT2D eigenvalue weighted by molar-refractivity contribution is -0.138. The Morgan fingerprint density at radius 1 is 1.35 bits per heavy atom. The maximum absolute atomic E-state index is 12.7. The molecule has 0 radical (unpaired) electrons. The summed E-state index contributed by atoms with van der Waals surface area (Å²) in [6.45, 7) is 1.76. The largest absolute Gasteiger partial charge is 0.416 e. The number of nitrogens with zero attached hydrogens (tertiary/aromatic N) is 1. The number of hydrogen-bond donors (Lipinski definition) is 0. The van der Waals surface area contributed by atoms with Crippen LogP contribution in [0.25, 0.3) is 0 Å². The van der Waals surface area contributed by atoms with Crippen molar-refractivity contribution in [2.45, 2.75) is 37.5 Å². The lowest BCUT2D eigenvalue weighted by Gasteiger charge is -2.15. The molecule has 2 nitrogen and oxygen atoms in total. The molecule has 0 bridgehead atoms. The zero-order valence-corrected chi connectivity index (χ0v) is 10.1. The maximum atomic E-state index is 12.7. The summed E-state index contributed by atoms with van der Waals surface area (Å²) in [7, 11) is 0. The molecule has 0 atom stereocenters. The first kappa shape index (κ1) is 12.5. The average Bonchev–Trinajstić information content (AvgIpc) is 2.46. The average molecular weight is 263 g/mol. The van der Waals surface area contributed by atoms with E-state index in [1.54, 1.807) is 0 Å². The summed E-state index contributed by atoms with van der Waals surface area (Å²) in [5, 5.41) is 0.436. The molecular weight excluding hydrogens is 251 g/mol. The summed E-state index contributed by atoms with van der Waals surface area (Å²) < 4.78 is 39.7. The quantitative estimate of drug-likeness (QED) is 0.717. The maximum Gasteiger partial charge on any atom is 0.416 e. The predicted octanol–water partition coefficient (Wildman–Crippen LogP) is 3.06. The molecule has 0 saturated heterocycles. The smallest absolute Gasteiger partial charge is 0.303 e. The molecule has 6 heteroatoms. The van der Waals surface area contributed by atoms with Gasteiger partial charge in [-0.25, -0.2) is 0 Å². The fraction of sp³-hybridized carbons (Fsp3) is 0.545. The molecule has 94 valence electrons. The van der Waals surface area contributed by atoms with Gasteiger partial charge in [-0.2, -0.15) is 13.2 Å². The van der Waals surface area contributed by atoms with Crippen molar-refractivity contribution in [2.75, 3.05) is 5.75 Å². The third-order valence-electron chi connectivity index (χ3n) is 2.84. The van der Waals surface area contributed by atoms with Crippen LogP contribution in [0.15, 0.2) is 15.9 Å². The summed E-state index contributed by atoms with van der Waals surface area (Å²) in [6, 6.07) is 1.10. The Balaban J connectivity index is 2.64. The zero-order valence-electron chi connectivity index (χ0n) is 9.30. The number of alkyl halides is 3. The fourth-order valence-electron chi connectivity index (χ4n) is 1.90. The molecule has 1 aromatic rings. The normalized spacial score (nSPS) is 16.5. The second-order valence-electron chi connectivity index (χ2n) is 4.03. The molecule has 0 aliphatic carbocycles. The molecule has 2 heterocycles. The SMILES string of the molecule is Cc1c(C(F)(F)F)cc2n(c1=O)CCCCS2. The third-order valence-corrected chi connectivity index (χ3v) is 3.96. The lowest BCUT2D eigenvalue weighted by atomic mass is 10.1. The second-order valence-corrected chi connectivity index (χ2v) is 5.15. The van der Waals surface area contributed by atoms with E-state index in [1.165, 1.54) is 23.3 Å². The van der Waals surface area contributed by atoms with Crippen molar-refractivity contribution in [3.8, 4) is 0 Å². The van der Waals surface area contributed by atoms with Gasteiger partial charge in [0.15, 0.2) is 0 Å². The highest BCUT2D eigenvalue weighted by Crippen LogP contribution is 2.34. The molecular formula is C11H12F3NOS. The van der Waals surface area contributed by atoms with E-state index < -0.39 is 17.3 Å². The molecule has 0 amide bonds. The van der Waals surface area contributed by atoms with Crippen LogP contribution in [-0.2, 0) is 12.7 Å². The summed E-state index contributed by atoms with van der Waals surface area (Å²) >= 11 is 1.33. The number of rotatable bonds is 0. The molecule has 1 aliphatic rings. The number of hydrogen-bond acceptors (Lipinski definition) is 2. The monoisotopic (exact) mass is 263 g/mol. The Labute approximate surface area is 101 Å². The molecule has 1 aliphatic heterocycles. The van der Waals surface area contributed by atoms with E-state index in [4.69, 9.17) is 0 Å². The van der Waals surface area contributed by atoms with Crippen molar-refractivity contribution < 1.29 is 13.2 Å². The predicted molar refractivity (Wildman–Crippen MR) is 60.4 cm³/mol. The first-order valence-corrected chi connectivity index (χ1v) is 6.34. The van der Waals surface area contributed by atoms with E-state index in [0.29, 0.717) is 11.6 Å². The van der Waals surface area contributed by atoms with Crippen molar-refractivity contribution in [3.63, 3.8) is 0 Å². The van der Waals surface area contributed by atoms with Gasteiger partial charge in [0.1, 0.15) is 0 Å². The van der Waals surface area contributed by atoms with Gasteiger partial charge in [-0.1, -0.05) is 0 Å². The van der Waals surface area contributed by atoms with E-state index >= 15 is 0 Å². The second kappa shape index (κ2) is 4.40. The van der Waals surface area contributed by atoms with Gasteiger partial charge in [-0.3, -0.25) is 4.79 Å². The van der Waals surface area contributed by atoms with Crippen LogP contribution in [0.5, 0.6) is 0 Å². The van der Waals surface area contributed by atoms with Crippen LogP contribution < -0.4 is 5.56 Å². The Morgan fingerprint density at radius 2 is 2.06 bits per heavy atom. The molecule has 0 N–H and O–H groups in total. The molecule has 0 saturated carbocycles. The minimum absolute atomic E-state index is 0.205. The summed E-state index contributed by atoms with van der Waals surface area (Å²) in [5.41, 5.74) is -1.52. The number of pyridine rings is 1. The number of thioether (sulfide) groups is 1. The molecule has 0 aromatic carbocycles. The van der Waals surface area contributed by atoms with E-state index in [2.05, 4.69) is 0 Å². The van der Waals surface area contributed by atoms with Crippen molar-refractivity contribution in [1.29, 1.82) is 0 Å². The van der Waals surface area contributed by atoms with Crippen LogP contribution in [0.1, 0.15) is 24.0 Å². The van der Waals surface area contributed by atoms with Crippen molar-refractivity contribution in [1.82, 2.24) is 4.57 Å². The minimum atomic E-state index is -4.45. The Bertz CT molecular complexity index is 493. The van der Waals surface area contributed by atoms with Crippen molar-refractivity contribution >= 4 is 11.8 Å². The van der Waals surface area contributed by atoms with E-state index in [9.17, 15) is 18.0 Å². The first-order chi connectivity index (χ1) is 7.91. The minimum Gasteiger partial charge on any atom is -0.303 e. The van der Waals surface area contributed by atoms with Crippen LogP contribution in [0.2, 0.25) is 0 Å². The van der Waals surface area contributed by atoms with Crippen LogP contribution in [0, 0.1) is 6.92 Å². The topological polar surface area (TPSA) is 22.0 Å². The third kappa shape index (κ3) is 2.36. The molecule has 0 fully saturated rings.